The zero-order valence-corrected chi connectivity index (χ0v) is 15.8. The minimum atomic E-state index is -0.522. The molecule has 2 aromatic heterocycles. The van der Waals surface area contributed by atoms with E-state index >= 15 is 0 Å². The van der Waals surface area contributed by atoms with Crippen LogP contribution in [0, 0.1) is 6.92 Å². The predicted molar refractivity (Wildman–Crippen MR) is 104 cm³/mol. The van der Waals surface area contributed by atoms with Gasteiger partial charge in [-0.15, -0.1) is 0 Å². The summed E-state index contributed by atoms with van der Waals surface area (Å²) >= 11 is 0. The summed E-state index contributed by atoms with van der Waals surface area (Å²) in [7, 11) is 0. The molecule has 0 saturated heterocycles. The third kappa shape index (κ3) is 5.04. The topological polar surface area (TPSA) is 123 Å². The number of aryl methyl sites for hydroxylation is 1. The van der Waals surface area contributed by atoms with Crippen molar-refractivity contribution in [1.82, 2.24) is 10.1 Å². The van der Waals surface area contributed by atoms with Crippen molar-refractivity contribution < 1.29 is 23.6 Å². The molecule has 0 atom stereocenters. The maximum atomic E-state index is 12.5. The van der Waals surface area contributed by atoms with Gasteiger partial charge >= 0.3 is 5.97 Å². The van der Waals surface area contributed by atoms with E-state index in [2.05, 4.69) is 20.8 Å². The van der Waals surface area contributed by atoms with E-state index in [1.165, 1.54) is 18.3 Å². The van der Waals surface area contributed by atoms with Crippen LogP contribution >= 0.6 is 0 Å². The fourth-order valence-electron chi connectivity index (χ4n) is 2.41. The molecule has 0 unspecified atom stereocenters. The molecule has 2 heterocycles. The number of nitrogens with zero attached hydrogens (tertiary/aromatic N) is 2. The summed E-state index contributed by atoms with van der Waals surface area (Å²) in [5, 5.41) is 8.92. The second-order valence-corrected chi connectivity index (χ2v) is 5.96. The van der Waals surface area contributed by atoms with Crippen molar-refractivity contribution in [3.05, 3.63) is 71.2 Å². The lowest BCUT2D eigenvalue weighted by atomic mass is 10.2. The van der Waals surface area contributed by atoms with Gasteiger partial charge in [0.25, 0.3) is 11.8 Å². The SMILES string of the molecule is CCOC(=O)c1ccc(NC(=O)c2ccnc(C(=O)Nc3cc(C)on3)c2)cc1. The molecule has 0 spiro atoms. The van der Waals surface area contributed by atoms with E-state index in [1.54, 1.807) is 44.2 Å². The fourth-order valence-corrected chi connectivity index (χ4v) is 2.41. The van der Waals surface area contributed by atoms with Gasteiger partial charge in [0.2, 0.25) is 0 Å². The first-order valence-electron chi connectivity index (χ1n) is 8.75. The molecule has 148 valence electrons. The number of carbonyl (C=O) groups is 3. The number of pyridine rings is 1. The first kappa shape index (κ1) is 19.7. The van der Waals surface area contributed by atoms with Crippen LogP contribution in [0.15, 0.2) is 53.2 Å². The smallest absolute Gasteiger partial charge is 0.338 e. The van der Waals surface area contributed by atoms with E-state index in [0.717, 1.165) is 0 Å². The van der Waals surface area contributed by atoms with Crippen LogP contribution in [0.4, 0.5) is 11.5 Å². The summed E-state index contributed by atoms with van der Waals surface area (Å²) in [5.74, 6) is -0.576. The Labute approximate surface area is 166 Å². The van der Waals surface area contributed by atoms with Gasteiger partial charge in [0.05, 0.1) is 12.2 Å². The van der Waals surface area contributed by atoms with E-state index in [-0.39, 0.29) is 23.7 Å². The summed E-state index contributed by atoms with van der Waals surface area (Å²) in [5.41, 5.74) is 1.17. The number of hydrogen-bond donors (Lipinski definition) is 2. The minimum Gasteiger partial charge on any atom is -0.462 e. The summed E-state index contributed by atoms with van der Waals surface area (Å²) in [6.07, 6.45) is 1.36. The number of ether oxygens (including phenoxy) is 1. The van der Waals surface area contributed by atoms with Gasteiger partial charge in [-0.25, -0.2) is 4.79 Å². The molecule has 3 aromatic rings. The number of aromatic nitrogens is 2. The van der Waals surface area contributed by atoms with E-state index in [1.807, 2.05) is 0 Å². The average molecular weight is 394 g/mol. The first-order valence-corrected chi connectivity index (χ1v) is 8.75. The van der Waals surface area contributed by atoms with Gasteiger partial charge < -0.3 is 19.9 Å². The van der Waals surface area contributed by atoms with Crippen molar-refractivity contribution in [3.63, 3.8) is 0 Å². The monoisotopic (exact) mass is 394 g/mol. The molecule has 0 saturated carbocycles. The normalized spacial score (nSPS) is 10.3. The lowest BCUT2D eigenvalue weighted by Gasteiger charge is -2.07. The molecular weight excluding hydrogens is 376 g/mol. The van der Waals surface area contributed by atoms with Crippen LogP contribution in [0.5, 0.6) is 0 Å². The Balaban J connectivity index is 1.67. The lowest BCUT2D eigenvalue weighted by molar-refractivity contribution is 0.0526. The van der Waals surface area contributed by atoms with E-state index in [0.29, 0.717) is 17.0 Å². The number of esters is 1. The Hall–Kier alpha value is -4.01. The molecule has 9 nitrogen and oxygen atoms in total. The molecule has 0 radical (unpaired) electrons. The molecule has 0 fully saturated rings. The van der Waals surface area contributed by atoms with Gasteiger partial charge in [-0.2, -0.15) is 0 Å². The molecule has 0 aliphatic heterocycles. The van der Waals surface area contributed by atoms with Crippen molar-refractivity contribution in [2.45, 2.75) is 13.8 Å². The predicted octanol–water partition coefficient (Wildman–Crippen LogP) is 3.06. The van der Waals surface area contributed by atoms with Gasteiger partial charge in [0.1, 0.15) is 11.5 Å². The molecule has 9 heteroatoms. The molecule has 0 bridgehead atoms. The second kappa shape index (κ2) is 8.79. The highest BCUT2D eigenvalue weighted by Crippen LogP contribution is 2.14. The maximum absolute atomic E-state index is 12.5. The van der Waals surface area contributed by atoms with E-state index < -0.39 is 17.8 Å². The molecular formula is C20H18N4O5. The third-order valence-electron chi connectivity index (χ3n) is 3.78. The Bertz CT molecular complexity index is 1040. The van der Waals surface area contributed by atoms with Crippen LogP contribution in [-0.4, -0.2) is 34.5 Å². The Kier molecular flexibility index (Phi) is 5.98. The standard InChI is InChI=1S/C20H18N4O5/c1-3-28-20(27)13-4-6-15(7-5-13)22-18(25)14-8-9-21-16(11-14)19(26)23-17-10-12(2)29-24-17/h4-11H,3H2,1-2H3,(H,22,25)(H,23,24,26). The summed E-state index contributed by atoms with van der Waals surface area (Å²) in [6.45, 7) is 3.71. The zero-order chi connectivity index (χ0) is 20.8. The second-order valence-electron chi connectivity index (χ2n) is 5.96. The van der Waals surface area contributed by atoms with Crippen molar-refractivity contribution >= 4 is 29.3 Å². The van der Waals surface area contributed by atoms with Crippen LogP contribution < -0.4 is 10.6 Å². The molecule has 2 amide bonds. The van der Waals surface area contributed by atoms with Gasteiger partial charge in [-0.1, -0.05) is 5.16 Å². The highest BCUT2D eigenvalue weighted by molar-refractivity contribution is 6.07. The highest BCUT2D eigenvalue weighted by Gasteiger charge is 2.14. The fraction of sp³-hybridized carbons (Fsp3) is 0.150. The third-order valence-corrected chi connectivity index (χ3v) is 3.78. The number of hydrogen-bond acceptors (Lipinski definition) is 7. The van der Waals surface area contributed by atoms with Crippen LogP contribution in [-0.2, 0) is 4.74 Å². The van der Waals surface area contributed by atoms with E-state index in [4.69, 9.17) is 9.26 Å². The minimum absolute atomic E-state index is 0.0518. The Morgan fingerprint density at radius 1 is 1.00 bits per heavy atom. The molecule has 29 heavy (non-hydrogen) atoms. The molecule has 2 N–H and O–H groups in total. The Morgan fingerprint density at radius 2 is 1.76 bits per heavy atom. The summed E-state index contributed by atoms with van der Waals surface area (Å²) in [6, 6.07) is 10.7. The first-order chi connectivity index (χ1) is 14.0. The summed E-state index contributed by atoms with van der Waals surface area (Å²) < 4.78 is 9.80. The number of anilines is 2. The van der Waals surface area contributed by atoms with Crippen molar-refractivity contribution in [3.8, 4) is 0 Å². The van der Waals surface area contributed by atoms with Gasteiger partial charge in [0, 0.05) is 23.5 Å². The lowest BCUT2D eigenvalue weighted by Crippen LogP contribution is -2.17. The zero-order valence-electron chi connectivity index (χ0n) is 15.8. The number of amides is 2. The number of benzene rings is 1. The molecule has 3 rings (SSSR count). The van der Waals surface area contributed by atoms with Crippen LogP contribution in [0.3, 0.4) is 0 Å². The molecule has 0 aliphatic carbocycles. The Morgan fingerprint density at radius 3 is 2.41 bits per heavy atom. The van der Waals surface area contributed by atoms with Crippen LogP contribution in [0.2, 0.25) is 0 Å². The largest absolute Gasteiger partial charge is 0.462 e. The quantitative estimate of drug-likeness (QED) is 0.616. The molecule has 0 aliphatic rings. The van der Waals surface area contributed by atoms with Gasteiger partial charge in [0.15, 0.2) is 5.82 Å². The number of nitrogens with one attached hydrogen (secondary N) is 2. The van der Waals surface area contributed by atoms with Crippen LogP contribution in [0.1, 0.15) is 43.9 Å². The van der Waals surface area contributed by atoms with Crippen molar-refractivity contribution in [1.29, 1.82) is 0 Å². The summed E-state index contributed by atoms with van der Waals surface area (Å²) in [4.78, 5) is 40.4. The maximum Gasteiger partial charge on any atom is 0.338 e. The van der Waals surface area contributed by atoms with Gasteiger partial charge in [-0.3, -0.25) is 14.6 Å². The molecule has 1 aromatic carbocycles. The number of carbonyl (C=O) groups excluding carboxylic acids is 3. The van der Waals surface area contributed by atoms with E-state index in [9.17, 15) is 14.4 Å². The highest BCUT2D eigenvalue weighted by atomic mass is 16.5. The van der Waals surface area contributed by atoms with Gasteiger partial charge in [-0.05, 0) is 50.2 Å². The van der Waals surface area contributed by atoms with Crippen LogP contribution in [0.25, 0.3) is 0 Å². The number of rotatable bonds is 6. The average Bonchev–Trinajstić information content (AvgIpc) is 3.13. The van der Waals surface area contributed by atoms with Crippen molar-refractivity contribution in [2.24, 2.45) is 0 Å². The van der Waals surface area contributed by atoms with Crippen molar-refractivity contribution in [2.75, 3.05) is 17.2 Å².